The molecule has 5 rings (SSSR count). The van der Waals surface area contributed by atoms with Crippen molar-refractivity contribution in [2.45, 2.75) is 69.8 Å². The van der Waals surface area contributed by atoms with E-state index in [4.69, 9.17) is 4.98 Å². The van der Waals surface area contributed by atoms with Gasteiger partial charge in [-0.05, 0) is 62.1 Å². The van der Waals surface area contributed by atoms with E-state index in [1.54, 1.807) is 21.9 Å². The van der Waals surface area contributed by atoms with Crippen LogP contribution in [0.4, 0.5) is 23.2 Å². The molecule has 0 saturated carbocycles. The first kappa shape index (κ1) is 28.0. The van der Waals surface area contributed by atoms with Crippen molar-refractivity contribution in [3.8, 4) is 0 Å². The number of fused-ring (bicyclic) bond motifs is 1. The smallest absolute Gasteiger partial charge is 0.311 e. The van der Waals surface area contributed by atoms with E-state index in [1.165, 1.54) is 12.1 Å². The maximum absolute atomic E-state index is 13.8. The average Bonchev–Trinajstić information content (AvgIpc) is 3.44. The number of alkyl halides is 3. The second-order valence-electron chi connectivity index (χ2n) is 12.0. The second-order valence-corrected chi connectivity index (χ2v) is 12.0. The minimum Gasteiger partial charge on any atom is -0.311 e. The van der Waals surface area contributed by atoms with Crippen LogP contribution in [0.1, 0.15) is 50.4 Å². The van der Waals surface area contributed by atoms with Gasteiger partial charge in [0.1, 0.15) is 11.9 Å². The molecule has 0 bridgehead atoms. The molecule has 1 unspecified atom stereocenters. The molecule has 39 heavy (non-hydrogen) atoms. The average molecular weight is 548 g/mol. The van der Waals surface area contributed by atoms with Gasteiger partial charge in [-0.1, -0.05) is 26.0 Å². The van der Waals surface area contributed by atoms with Crippen molar-refractivity contribution in [3.05, 3.63) is 59.2 Å². The number of nitrogens with zero attached hydrogens (tertiary/aromatic N) is 4. The number of aromatic nitrogens is 1. The number of pyridine rings is 1. The van der Waals surface area contributed by atoms with E-state index in [9.17, 15) is 22.4 Å². The monoisotopic (exact) mass is 547 g/mol. The number of anilines is 1. The summed E-state index contributed by atoms with van der Waals surface area (Å²) in [5.41, 5.74) is 3.18. The van der Waals surface area contributed by atoms with Gasteiger partial charge in [-0.2, -0.15) is 13.2 Å². The molecule has 4 heterocycles. The van der Waals surface area contributed by atoms with Crippen LogP contribution < -0.4 is 10.2 Å². The van der Waals surface area contributed by atoms with Crippen LogP contribution in [0.25, 0.3) is 0 Å². The summed E-state index contributed by atoms with van der Waals surface area (Å²) in [6.07, 6.45) is -1.19. The standard InChI is InChI=1S/C29H37F4N5O/c1-19-15-37(23(14-34-19)16-36-10-4-5-25(36)29(31,32)33)17-26(39)38-18-28(2,3)27-24(38)12-21(13-35-27)11-20-6-8-22(30)9-7-20/h6-9,12-13,19,23,25,34H,4-5,10-11,14-18H2,1-3H3/t19-,23-,25?/m1/s1. The number of benzene rings is 1. The van der Waals surface area contributed by atoms with Gasteiger partial charge in [0.05, 0.1) is 17.9 Å². The highest BCUT2D eigenvalue weighted by molar-refractivity contribution is 5.97. The molecule has 1 amide bonds. The normalized spacial score (nSPS) is 25.7. The van der Waals surface area contributed by atoms with Crippen LogP contribution in [0.5, 0.6) is 0 Å². The minimum atomic E-state index is -4.24. The molecule has 0 spiro atoms. The highest BCUT2D eigenvalue weighted by Crippen LogP contribution is 2.40. The van der Waals surface area contributed by atoms with Gasteiger partial charge in [0, 0.05) is 49.9 Å². The molecule has 3 aliphatic heterocycles. The lowest BCUT2D eigenvalue weighted by Gasteiger charge is -2.42. The predicted molar refractivity (Wildman–Crippen MR) is 142 cm³/mol. The van der Waals surface area contributed by atoms with Crippen molar-refractivity contribution < 1.29 is 22.4 Å². The topological polar surface area (TPSA) is 51.7 Å². The molecule has 1 aromatic carbocycles. The van der Waals surface area contributed by atoms with E-state index in [-0.39, 0.29) is 48.7 Å². The van der Waals surface area contributed by atoms with Gasteiger partial charge < -0.3 is 10.2 Å². The van der Waals surface area contributed by atoms with E-state index in [1.807, 2.05) is 19.2 Å². The highest BCUT2D eigenvalue weighted by Gasteiger charge is 2.47. The van der Waals surface area contributed by atoms with Crippen molar-refractivity contribution in [1.82, 2.24) is 20.1 Å². The summed E-state index contributed by atoms with van der Waals surface area (Å²) in [6, 6.07) is 6.87. The van der Waals surface area contributed by atoms with Crippen LogP contribution in [0, 0.1) is 5.82 Å². The Morgan fingerprint density at radius 3 is 2.62 bits per heavy atom. The van der Waals surface area contributed by atoms with Crippen LogP contribution in [-0.4, -0.2) is 84.3 Å². The second kappa shape index (κ2) is 10.8. The van der Waals surface area contributed by atoms with Gasteiger partial charge >= 0.3 is 6.18 Å². The zero-order chi connectivity index (χ0) is 27.9. The summed E-state index contributed by atoms with van der Waals surface area (Å²) in [5.74, 6) is -0.362. The number of amides is 1. The Morgan fingerprint density at radius 1 is 1.15 bits per heavy atom. The maximum atomic E-state index is 13.8. The number of halogens is 4. The van der Waals surface area contributed by atoms with Crippen molar-refractivity contribution in [2.75, 3.05) is 44.2 Å². The fourth-order valence-electron chi connectivity index (χ4n) is 6.29. The minimum absolute atomic E-state index is 0.0737. The number of piperazine rings is 1. The third kappa shape index (κ3) is 6.12. The molecule has 2 fully saturated rings. The first-order valence-corrected chi connectivity index (χ1v) is 13.7. The molecule has 212 valence electrons. The fraction of sp³-hybridized carbons (Fsp3) is 0.586. The number of likely N-dealkylation sites (tertiary alicyclic amines) is 1. The maximum Gasteiger partial charge on any atom is 0.404 e. The molecule has 0 aliphatic carbocycles. The number of rotatable bonds is 6. The summed E-state index contributed by atoms with van der Waals surface area (Å²) < 4.78 is 54.1. The molecular formula is C29H37F4N5O. The highest BCUT2D eigenvalue weighted by atomic mass is 19.4. The molecule has 6 nitrogen and oxygen atoms in total. The van der Waals surface area contributed by atoms with Crippen LogP contribution in [-0.2, 0) is 16.6 Å². The van der Waals surface area contributed by atoms with E-state index in [0.29, 0.717) is 39.0 Å². The molecule has 3 atom stereocenters. The van der Waals surface area contributed by atoms with Gasteiger partial charge in [0.15, 0.2) is 0 Å². The Hall–Kier alpha value is -2.56. The lowest BCUT2D eigenvalue weighted by Crippen LogP contribution is -2.61. The Labute approximate surface area is 227 Å². The zero-order valence-corrected chi connectivity index (χ0v) is 22.8. The van der Waals surface area contributed by atoms with Crippen LogP contribution in [0.3, 0.4) is 0 Å². The molecule has 1 aromatic heterocycles. The van der Waals surface area contributed by atoms with Crippen molar-refractivity contribution >= 4 is 11.6 Å². The summed E-state index contributed by atoms with van der Waals surface area (Å²) >= 11 is 0. The van der Waals surface area contributed by atoms with E-state index in [0.717, 1.165) is 22.5 Å². The van der Waals surface area contributed by atoms with Gasteiger partial charge in [0.2, 0.25) is 5.91 Å². The van der Waals surface area contributed by atoms with Crippen LogP contribution >= 0.6 is 0 Å². The third-order valence-electron chi connectivity index (χ3n) is 8.28. The third-order valence-corrected chi connectivity index (χ3v) is 8.28. The number of hydrogen-bond donors (Lipinski definition) is 1. The predicted octanol–water partition coefficient (Wildman–Crippen LogP) is 4.12. The van der Waals surface area contributed by atoms with Gasteiger partial charge in [-0.15, -0.1) is 0 Å². The van der Waals surface area contributed by atoms with Crippen molar-refractivity contribution in [3.63, 3.8) is 0 Å². The van der Waals surface area contributed by atoms with Crippen LogP contribution in [0.15, 0.2) is 36.5 Å². The number of carbonyl (C=O) groups excluding carboxylic acids is 1. The fourth-order valence-corrected chi connectivity index (χ4v) is 6.29. The summed E-state index contributed by atoms with van der Waals surface area (Å²) in [7, 11) is 0. The van der Waals surface area contributed by atoms with E-state index in [2.05, 4.69) is 24.1 Å². The van der Waals surface area contributed by atoms with Crippen LogP contribution in [0.2, 0.25) is 0 Å². The molecule has 0 radical (unpaired) electrons. The molecular weight excluding hydrogens is 510 g/mol. The Balaban J connectivity index is 1.33. The molecule has 3 aliphatic rings. The lowest BCUT2D eigenvalue weighted by molar-refractivity contribution is -0.177. The molecule has 10 heteroatoms. The lowest BCUT2D eigenvalue weighted by atomic mass is 9.91. The van der Waals surface area contributed by atoms with Gasteiger partial charge in [0.25, 0.3) is 0 Å². The largest absolute Gasteiger partial charge is 0.404 e. The van der Waals surface area contributed by atoms with Crippen molar-refractivity contribution in [1.29, 1.82) is 0 Å². The van der Waals surface area contributed by atoms with Gasteiger partial charge in [-0.25, -0.2) is 4.39 Å². The Kier molecular flexibility index (Phi) is 7.74. The molecule has 2 aromatic rings. The van der Waals surface area contributed by atoms with Gasteiger partial charge in [-0.3, -0.25) is 19.6 Å². The zero-order valence-electron chi connectivity index (χ0n) is 22.8. The quantitative estimate of drug-likeness (QED) is 0.552. The SMILES string of the molecule is C[C@@H]1CN(CC(=O)N2CC(C)(C)c3ncc(Cc4ccc(F)cc4)cc32)[C@@H](CN2CCCC2C(F)(F)F)CN1. The molecule has 1 N–H and O–H groups in total. The molecule has 2 saturated heterocycles. The Morgan fingerprint density at radius 2 is 1.90 bits per heavy atom. The summed E-state index contributed by atoms with van der Waals surface area (Å²) in [6.45, 7) is 8.62. The Bertz CT molecular complexity index is 1190. The van der Waals surface area contributed by atoms with E-state index < -0.39 is 12.2 Å². The first-order valence-electron chi connectivity index (χ1n) is 13.7. The summed E-state index contributed by atoms with van der Waals surface area (Å²) in [5, 5.41) is 3.39. The van der Waals surface area contributed by atoms with E-state index >= 15 is 0 Å². The summed E-state index contributed by atoms with van der Waals surface area (Å²) in [4.78, 5) is 23.9. The number of carbonyl (C=O) groups is 1. The number of nitrogens with one attached hydrogen (secondary N) is 1. The first-order chi connectivity index (χ1) is 18.4. The van der Waals surface area contributed by atoms with Crippen molar-refractivity contribution in [2.24, 2.45) is 0 Å². The number of hydrogen-bond acceptors (Lipinski definition) is 5.